The number of aromatic nitrogens is 1. The molecular weight excluding hydrogens is 387 g/mol. The van der Waals surface area contributed by atoms with E-state index in [1.165, 1.54) is 22.6 Å². The fraction of sp³-hybridized carbons (Fsp3) is 0.333. The lowest BCUT2D eigenvalue weighted by atomic mass is 10.2. The number of urea groups is 1. The van der Waals surface area contributed by atoms with Gasteiger partial charge in [0, 0.05) is 30.6 Å². The minimum atomic E-state index is -3.28. The summed E-state index contributed by atoms with van der Waals surface area (Å²) in [6, 6.07) is 6.64. The number of nitrogens with one attached hydrogen (secondary N) is 2. The first kappa shape index (κ1) is 20.0. The van der Waals surface area contributed by atoms with Gasteiger partial charge < -0.3 is 15.4 Å². The van der Waals surface area contributed by atoms with Crippen molar-refractivity contribution in [2.24, 2.45) is 0 Å². The lowest BCUT2D eigenvalue weighted by Crippen LogP contribution is -2.32. The smallest absolute Gasteiger partial charge is 0.323 e. The number of pyridine rings is 1. The Morgan fingerprint density at radius 1 is 1.32 bits per heavy atom. The lowest BCUT2D eigenvalue weighted by Gasteiger charge is -2.17. The molecule has 0 bridgehead atoms. The van der Waals surface area contributed by atoms with Crippen LogP contribution in [-0.4, -0.2) is 48.7 Å². The van der Waals surface area contributed by atoms with Crippen molar-refractivity contribution in [2.45, 2.75) is 19.4 Å². The number of halogens is 1. The number of nitrogens with zero attached hydrogens (tertiary/aromatic N) is 2. The summed E-state index contributed by atoms with van der Waals surface area (Å²) in [6.07, 6.45) is 3.20. The van der Waals surface area contributed by atoms with Crippen LogP contribution in [0.4, 0.5) is 20.6 Å². The largest absolute Gasteiger partial charge is 0.489 e. The Kier molecular flexibility index (Phi) is 6.10. The van der Waals surface area contributed by atoms with E-state index in [0.717, 1.165) is 6.07 Å². The predicted octanol–water partition coefficient (Wildman–Crippen LogP) is 2.67. The van der Waals surface area contributed by atoms with Crippen molar-refractivity contribution in [3.63, 3.8) is 0 Å². The van der Waals surface area contributed by atoms with E-state index >= 15 is 0 Å². The second-order valence-electron chi connectivity index (χ2n) is 6.28. The van der Waals surface area contributed by atoms with E-state index in [1.54, 1.807) is 25.3 Å². The first-order valence-electron chi connectivity index (χ1n) is 8.79. The Labute approximate surface area is 162 Å². The summed E-state index contributed by atoms with van der Waals surface area (Å²) in [5.74, 6) is -0.331. The minimum Gasteiger partial charge on any atom is -0.489 e. The van der Waals surface area contributed by atoms with Gasteiger partial charge in [0.2, 0.25) is 10.0 Å². The summed E-state index contributed by atoms with van der Waals surface area (Å²) in [7, 11) is -3.28. The lowest BCUT2D eigenvalue weighted by molar-refractivity contribution is 0.215. The van der Waals surface area contributed by atoms with Crippen LogP contribution >= 0.6 is 0 Å². The third kappa shape index (κ3) is 5.17. The molecular formula is C18H21FN4O4S. The third-order valence-corrected chi connectivity index (χ3v) is 6.07. The second kappa shape index (κ2) is 8.53. The summed E-state index contributed by atoms with van der Waals surface area (Å²) in [5, 5.41) is 5.12. The first-order chi connectivity index (χ1) is 13.4. The summed E-state index contributed by atoms with van der Waals surface area (Å²) in [4.78, 5) is 15.9. The van der Waals surface area contributed by atoms with Gasteiger partial charge in [-0.25, -0.2) is 17.6 Å². The van der Waals surface area contributed by atoms with Gasteiger partial charge in [-0.3, -0.25) is 4.98 Å². The molecule has 2 aromatic rings. The summed E-state index contributed by atoms with van der Waals surface area (Å²) in [6.45, 7) is 2.18. The van der Waals surface area contributed by atoms with Gasteiger partial charge in [0.25, 0.3) is 0 Å². The minimum absolute atomic E-state index is 0.0276. The van der Waals surface area contributed by atoms with E-state index in [9.17, 15) is 17.6 Å². The first-order valence-corrected chi connectivity index (χ1v) is 10.4. The molecule has 8 nitrogen and oxygen atoms in total. The molecule has 0 saturated carbocycles. The van der Waals surface area contributed by atoms with Crippen LogP contribution in [0.3, 0.4) is 0 Å². The molecule has 28 heavy (non-hydrogen) atoms. The van der Waals surface area contributed by atoms with Crippen molar-refractivity contribution in [3.8, 4) is 5.75 Å². The van der Waals surface area contributed by atoms with Crippen molar-refractivity contribution in [1.82, 2.24) is 9.29 Å². The molecule has 150 valence electrons. The SMILES string of the molecule is CCS(=O)(=O)N1CC[C@@H](Oc2cc(F)cc(NC(=O)Nc3cccnc3)c2)C1. The number of sulfonamides is 1. The van der Waals surface area contributed by atoms with Crippen LogP contribution in [0.1, 0.15) is 13.3 Å². The standard InChI is InChI=1S/C18H21FN4O4S/c1-2-28(25,26)23-7-5-16(12-23)27-17-9-13(19)8-15(10-17)22-18(24)21-14-4-3-6-20-11-14/h3-4,6,8-11,16H,2,5,7,12H2,1H3,(H2,21,22,24)/t16-/m1/s1. The Morgan fingerprint density at radius 3 is 2.82 bits per heavy atom. The predicted molar refractivity (Wildman–Crippen MR) is 103 cm³/mol. The molecule has 2 amide bonds. The number of anilines is 2. The maximum Gasteiger partial charge on any atom is 0.323 e. The van der Waals surface area contributed by atoms with E-state index in [0.29, 0.717) is 18.7 Å². The zero-order chi connectivity index (χ0) is 20.1. The highest BCUT2D eigenvalue weighted by atomic mass is 32.2. The maximum absolute atomic E-state index is 13.9. The molecule has 1 atom stereocenters. The zero-order valence-corrected chi connectivity index (χ0v) is 16.1. The Balaban J connectivity index is 1.63. The van der Waals surface area contributed by atoms with Crippen LogP contribution in [0.2, 0.25) is 0 Å². The second-order valence-corrected chi connectivity index (χ2v) is 8.54. The maximum atomic E-state index is 13.9. The van der Waals surface area contributed by atoms with Gasteiger partial charge in [-0.05, 0) is 31.5 Å². The number of carbonyl (C=O) groups excluding carboxylic acids is 1. The summed E-state index contributed by atoms with van der Waals surface area (Å²) < 4.78 is 44.9. The topological polar surface area (TPSA) is 101 Å². The molecule has 1 aliphatic rings. The van der Waals surface area contributed by atoms with E-state index in [1.807, 2.05) is 0 Å². The zero-order valence-electron chi connectivity index (χ0n) is 15.3. The van der Waals surface area contributed by atoms with Crippen molar-refractivity contribution in [1.29, 1.82) is 0 Å². The Bertz CT molecular complexity index is 940. The van der Waals surface area contributed by atoms with Gasteiger partial charge in [-0.1, -0.05) is 0 Å². The van der Waals surface area contributed by atoms with E-state index in [4.69, 9.17) is 4.74 Å². The molecule has 0 radical (unpaired) electrons. The average molecular weight is 408 g/mol. The van der Waals surface area contributed by atoms with E-state index in [2.05, 4.69) is 15.6 Å². The van der Waals surface area contributed by atoms with Crippen LogP contribution in [0, 0.1) is 5.82 Å². The normalized spacial score (nSPS) is 17.3. The highest BCUT2D eigenvalue weighted by molar-refractivity contribution is 7.89. The number of rotatable bonds is 6. The molecule has 2 N–H and O–H groups in total. The number of carbonyl (C=O) groups is 1. The highest BCUT2D eigenvalue weighted by Crippen LogP contribution is 2.25. The fourth-order valence-electron chi connectivity index (χ4n) is 2.85. The molecule has 1 aliphatic heterocycles. The number of amides is 2. The quantitative estimate of drug-likeness (QED) is 0.765. The van der Waals surface area contributed by atoms with Gasteiger partial charge in [0.05, 0.1) is 24.2 Å². The fourth-order valence-corrected chi connectivity index (χ4v) is 4.00. The monoisotopic (exact) mass is 408 g/mol. The molecule has 1 saturated heterocycles. The number of ether oxygens (including phenoxy) is 1. The van der Waals surface area contributed by atoms with Crippen molar-refractivity contribution in [3.05, 3.63) is 48.5 Å². The van der Waals surface area contributed by atoms with Crippen LogP contribution in [0.25, 0.3) is 0 Å². The Morgan fingerprint density at radius 2 is 2.11 bits per heavy atom. The molecule has 3 rings (SSSR count). The molecule has 2 heterocycles. The van der Waals surface area contributed by atoms with Gasteiger partial charge in [0.1, 0.15) is 17.7 Å². The van der Waals surface area contributed by atoms with Crippen molar-refractivity contribution in [2.75, 3.05) is 29.5 Å². The highest BCUT2D eigenvalue weighted by Gasteiger charge is 2.31. The average Bonchev–Trinajstić information content (AvgIpc) is 3.11. The van der Waals surface area contributed by atoms with E-state index in [-0.39, 0.29) is 29.8 Å². The van der Waals surface area contributed by atoms with Crippen molar-refractivity contribution >= 4 is 27.4 Å². The Hall–Kier alpha value is -2.72. The number of hydrogen-bond acceptors (Lipinski definition) is 5. The van der Waals surface area contributed by atoms with Gasteiger partial charge in [0.15, 0.2) is 0 Å². The van der Waals surface area contributed by atoms with Crippen LogP contribution in [0.5, 0.6) is 5.75 Å². The van der Waals surface area contributed by atoms with Crippen LogP contribution in [0.15, 0.2) is 42.7 Å². The van der Waals surface area contributed by atoms with Crippen LogP contribution in [-0.2, 0) is 10.0 Å². The molecule has 0 spiro atoms. The molecule has 0 aliphatic carbocycles. The molecule has 1 aromatic heterocycles. The van der Waals surface area contributed by atoms with Gasteiger partial charge in [-0.2, -0.15) is 4.31 Å². The van der Waals surface area contributed by atoms with Gasteiger partial charge >= 0.3 is 6.03 Å². The molecule has 1 aromatic carbocycles. The number of benzene rings is 1. The van der Waals surface area contributed by atoms with Crippen molar-refractivity contribution < 1.29 is 22.3 Å². The summed E-state index contributed by atoms with van der Waals surface area (Å²) in [5.41, 5.74) is 0.712. The van der Waals surface area contributed by atoms with Crippen LogP contribution < -0.4 is 15.4 Å². The molecule has 10 heteroatoms. The number of hydrogen-bond donors (Lipinski definition) is 2. The summed E-state index contributed by atoms with van der Waals surface area (Å²) >= 11 is 0. The molecule has 1 fully saturated rings. The van der Waals surface area contributed by atoms with Gasteiger partial charge in [-0.15, -0.1) is 0 Å². The molecule has 0 unspecified atom stereocenters. The third-order valence-electron chi connectivity index (χ3n) is 4.22. The van der Waals surface area contributed by atoms with E-state index < -0.39 is 21.9 Å².